The zero-order valence-electron chi connectivity index (χ0n) is 16.5. The predicted molar refractivity (Wildman–Crippen MR) is 112 cm³/mol. The Bertz CT molecular complexity index is 1400. The summed E-state index contributed by atoms with van der Waals surface area (Å²) in [4.78, 5) is 4.70. The average Bonchev–Trinajstić information content (AvgIpc) is 3.42. The van der Waals surface area contributed by atoms with Crippen LogP contribution >= 0.6 is 0 Å². The number of nitrogens with zero attached hydrogens (tertiary/aromatic N) is 4. The van der Waals surface area contributed by atoms with Crippen molar-refractivity contribution in [3.63, 3.8) is 0 Å². The van der Waals surface area contributed by atoms with E-state index < -0.39 is 9.84 Å². The molecule has 10 heteroatoms. The van der Waals surface area contributed by atoms with E-state index in [0.29, 0.717) is 41.5 Å². The molecule has 1 aliphatic rings. The number of hydrogen-bond donors (Lipinski definition) is 1. The maximum absolute atomic E-state index is 14.4. The molecule has 2 aromatic carbocycles. The highest BCUT2D eigenvalue weighted by atomic mass is 32.2. The molecule has 0 amide bonds. The Balaban J connectivity index is 1.47. The topological polar surface area (TPSA) is 98.5 Å². The van der Waals surface area contributed by atoms with Crippen LogP contribution < -0.4 is 10.1 Å². The van der Waals surface area contributed by atoms with Gasteiger partial charge in [0.2, 0.25) is 5.95 Å². The molecule has 2 aromatic heterocycles. The molecule has 0 fully saturated rings. The van der Waals surface area contributed by atoms with E-state index in [2.05, 4.69) is 20.5 Å². The molecule has 4 aromatic rings. The maximum atomic E-state index is 14.4. The summed E-state index contributed by atoms with van der Waals surface area (Å²) in [6.45, 7) is 0.785. The molecule has 0 saturated carbocycles. The van der Waals surface area contributed by atoms with Crippen LogP contribution in [0.1, 0.15) is 11.1 Å². The van der Waals surface area contributed by atoms with Crippen LogP contribution in [0.2, 0.25) is 0 Å². The molecule has 0 radical (unpaired) electrons. The molecule has 0 saturated heterocycles. The van der Waals surface area contributed by atoms with Crippen molar-refractivity contribution in [3.8, 4) is 16.9 Å². The summed E-state index contributed by atoms with van der Waals surface area (Å²) in [7, 11) is -3.28. The Morgan fingerprint density at radius 2 is 2.00 bits per heavy atom. The number of fused-ring (bicyclic) bond motifs is 2. The fraction of sp³-hybridized carbons (Fsp3) is 0.190. The van der Waals surface area contributed by atoms with Crippen molar-refractivity contribution in [2.45, 2.75) is 17.9 Å². The number of ether oxygens (including phenoxy) is 1. The third kappa shape index (κ3) is 3.48. The molecule has 1 N–H and O–H groups in total. The number of benzene rings is 2. The summed E-state index contributed by atoms with van der Waals surface area (Å²) < 4.78 is 45.0. The van der Waals surface area contributed by atoms with Crippen molar-refractivity contribution in [2.75, 3.05) is 18.2 Å². The van der Waals surface area contributed by atoms with Gasteiger partial charge in [-0.2, -0.15) is 0 Å². The average molecular weight is 439 g/mol. The zero-order valence-corrected chi connectivity index (χ0v) is 17.4. The molecule has 1 aliphatic heterocycles. The minimum absolute atomic E-state index is 0.237. The van der Waals surface area contributed by atoms with Gasteiger partial charge in [0.05, 0.1) is 11.5 Å². The van der Waals surface area contributed by atoms with E-state index in [0.717, 1.165) is 17.4 Å². The van der Waals surface area contributed by atoms with Gasteiger partial charge in [-0.25, -0.2) is 17.8 Å². The van der Waals surface area contributed by atoms with Gasteiger partial charge in [-0.15, -0.1) is 10.2 Å². The van der Waals surface area contributed by atoms with Gasteiger partial charge in [0.1, 0.15) is 17.9 Å². The number of halogens is 1. The molecule has 0 unspecified atom stereocenters. The molecule has 8 nitrogen and oxygen atoms in total. The Morgan fingerprint density at radius 1 is 1.19 bits per heavy atom. The molecule has 0 atom stereocenters. The number of aromatic nitrogens is 4. The third-order valence-corrected chi connectivity index (χ3v) is 6.42. The van der Waals surface area contributed by atoms with Gasteiger partial charge >= 0.3 is 0 Å². The summed E-state index contributed by atoms with van der Waals surface area (Å²) in [6, 6.07) is 9.57. The van der Waals surface area contributed by atoms with Crippen molar-refractivity contribution in [2.24, 2.45) is 0 Å². The number of rotatable bonds is 5. The summed E-state index contributed by atoms with van der Waals surface area (Å²) in [5.41, 5.74) is 3.43. The van der Waals surface area contributed by atoms with E-state index in [9.17, 15) is 12.8 Å². The normalized spacial score (nSPS) is 13.2. The summed E-state index contributed by atoms with van der Waals surface area (Å²) in [5, 5.41) is 11.3. The van der Waals surface area contributed by atoms with Crippen LogP contribution in [0.4, 0.5) is 10.3 Å². The van der Waals surface area contributed by atoms with E-state index in [4.69, 9.17) is 4.74 Å². The highest BCUT2D eigenvalue weighted by Gasteiger charge is 2.20. The monoisotopic (exact) mass is 439 g/mol. The van der Waals surface area contributed by atoms with Crippen LogP contribution in [0.25, 0.3) is 16.8 Å². The van der Waals surface area contributed by atoms with Crippen molar-refractivity contribution in [1.82, 2.24) is 19.6 Å². The van der Waals surface area contributed by atoms with E-state index >= 15 is 0 Å². The van der Waals surface area contributed by atoms with E-state index in [1.54, 1.807) is 40.9 Å². The van der Waals surface area contributed by atoms with Gasteiger partial charge in [0.15, 0.2) is 15.5 Å². The lowest BCUT2D eigenvalue weighted by Gasteiger charge is -2.12. The first kappa shape index (κ1) is 19.4. The quantitative estimate of drug-likeness (QED) is 0.511. The maximum Gasteiger partial charge on any atom is 0.210 e. The Kier molecular flexibility index (Phi) is 4.58. The van der Waals surface area contributed by atoms with Gasteiger partial charge in [0, 0.05) is 42.1 Å². The van der Waals surface area contributed by atoms with Gasteiger partial charge in [0.25, 0.3) is 0 Å². The lowest BCUT2D eigenvalue weighted by Crippen LogP contribution is -2.09. The van der Waals surface area contributed by atoms with Crippen LogP contribution in [0, 0.1) is 5.82 Å². The van der Waals surface area contributed by atoms with Gasteiger partial charge in [-0.3, -0.25) is 4.40 Å². The first-order valence-corrected chi connectivity index (χ1v) is 11.5. The second kappa shape index (κ2) is 7.31. The minimum Gasteiger partial charge on any atom is -0.493 e. The van der Waals surface area contributed by atoms with Crippen LogP contribution in [-0.2, 0) is 22.8 Å². The fourth-order valence-corrected chi connectivity index (χ4v) is 4.34. The predicted octanol–water partition coefficient (Wildman–Crippen LogP) is 2.88. The second-order valence-electron chi connectivity index (χ2n) is 7.27. The molecule has 158 valence electrons. The minimum atomic E-state index is -3.28. The van der Waals surface area contributed by atoms with Gasteiger partial charge < -0.3 is 10.1 Å². The van der Waals surface area contributed by atoms with Crippen LogP contribution in [-0.4, -0.2) is 40.9 Å². The molecule has 0 aliphatic carbocycles. The molecular formula is C21H18FN5O3S. The first-order valence-electron chi connectivity index (χ1n) is 9.58. The van der Waals surface area contributed by atoms with Crippen molar-refractivity contribution in [3.05, 3.63) is 65.9 Å². The Hall–Kier alpha value is -3.53. The summed E-state index contributed by atoms with van der Waals surface area (Å²) >= 11 is 0. The van der Waals surface area contributed by atoms with E-state index in [1.165, 1.54) is 12.4 Å². The number of hydrogen-bond acceptors (Lipinski definition) is 7. The molecule has 0 spiro atoms. The Labute approximate surface area is 177 Å². The van der Waals surface area contributed by atoms with Gasteiger partial charge in [-0.1, -0.05) is 12.1 Å². The highest BCUT2D eigenvalue weighted by molar-refractivity contribution is 7.90. The van der Waals surface area contributed by atoms with E-state index in [-0.39, 0.29) is 17.3 Å². The number of sulfone groups is 1. The molecule has 3 heterocycles. The summed E-state index contributed by atoms with van der Waals surface area (Å²) in [6.07, 6.45) is 4.99. The zero-order chi connectivity index (χ0) is 21.6. The standard InChI is InChI=1S/C21H18FN5O3S/c1-31(28,29)14-4-2-13(3-5-14)16-10-23-21(27-12-25-26-20(16)27)24-11-17-15-8-9-30-19(15)7-6-18(17)22/h2-7,10,12H,8-9,11H2,1H3,(H,23,24). The van der Waals surface area contributed by atoms with Crippen LogP contribution in [0.3, 0.4) is 0 Å². The van der Waals surface area contributed by atoms with Crippen molar-refractivity contribution in [1.29, 1.82) is 0 Å². The first-order chi connectivity index (χ1) is 14.9. The largest absolute Gasteiger partial charge is 0.493 e. The van der Waals surface area contributed by atoms with E-state index in [1.807, 2.05) is 0 Å². The highest BCUT2D eigenvalue weighted by Crippen LogP contribution is 2.31. The summed E-state index contributed by atoms with van der Waals surface area (Å²) in [5.74, 6) is 0.889. The van der Waals surface area contributed by atoms with Crippen molar-refractivity contribution < 1.29 is 17.5 Å². The second-order valence-corrected chi connectivity index (χ2v) is 9.29. The molecular weight excluding hydrogens is 421 g/mol. The number of nitrogens with one attached hydrogen (secondary N) is 1. The third-order valence-electron chi connectivity index (χ3n) is 5.29. The van der Waals surface area contributed by atoms with Crippen LogP contribution in [0.5, 0.6) is 5.75 Å². The smallest absolute Gasteiger partial charge is 0.210 e. The molecule has 31 heavy (non-hydrogen) atoms. The molecule has 0 bridgehead atoms. The Morgan fingerprint density at radius 3 is 2.77 bits per heavy atom. The lowest BCUT2D eigenvalue weighted by atomic mass is 10.0. The van der Waals surface area contributed by atoms with Gasteiger partial charge in [-0.05, 0) is 29.8 Å². The number of anilines is 1. The van der Waals surface area contributed by atoms with Crippen LogP contribution in [0.15, 0.2) is 53.8 Å². The van der Waals surface area contributed by atoms with Crippen molar-refractivity contribution >= 4 is 21.4 Å². The fourth-order valence-electron chi connectivity index (χ4n) is 3.71. The lowest BCUT2D eigenvalue weighted by molar-refractivity contribution is 0.356. The SMILES string of the molecule is CS(=O)(=O)c1ccc(-c2cnc(NCc3c(F)ccc4c3CCO4)n3cnnc23)cc1. The molecule has 5 rings (SSSR count).